The fourth-order valence-electron chi connectivity index (χ4n) is 2.52. The van der Waals surface area contributed by atoms with E-state index in [0.29, 0.717) is 0 Å². The lowest BCUT2D eigenvalue weighted by Crippen LogP contribution is -2.11. The highest BCUT2D eigenvalue weighted by Gasteiger charge is 2.16. The summed E-state index contributed by atoms with van der Waals surface area (Å²) < 4.78 is 70.9. The summed E-state index contributed by atoms with van der Waals surface area (Å²) in [6.07, 6.45) is 0.533. The predicted octanol–water partition coefficient (Wildman–Crippen LogP) is 2.94. The number of hydrogen-bond donors (Lipinski definition) is 3. The summed E-state index contributed by atoms with van der Waals surface area (Å²) in [5, 5.41) is 9.29. The topological polar surface area (TPSA) is 123 Å². The number of nitrogens with zero attached hydrogens (tertiary/aromatic N) is 4. The van der Waals surface area contributed by atoms with Gasteiger partial charge in [0, 0.05) is 0 Å². The predicted molar refractivity (Wildman–Crippen MR) is 108 cm³/mol. The number of para-hydroxylation sites is 2. The SMILES string of the molecule is COc1nn(CC(F)F)cc1Nc1ncc(F)c(Nc2ccccc2NS(C)(=O)=O)n1. The van der Waals surface area contributed by atoms with E-state index in [1.54, 1.807) is 12.1 Å². The zero-order chi connectivity index (χ0) is 22.6. The molecule has 10 nitrogen and oxygen atoms in total. The minimum Gasteiger partial charge on any atom is -0.478 e. The van der Waals surface area contributed by atoms with Gasteiger partial charge in [0.05, 0.1) is 37.1 Å². The van der Waals surface area contributed by atoms with Gasteiger partial charge < -0.3 is 15.4 Å². The van der Waals surface area contributed by atoms with Crippen molar-refractivity contribution >= 4 is 38.9 Å². The van der Waals surface area contributed by atoms with Gasteiger partial charge in [-0.25, -0.2) is 26.6 Å². The molecule has 0 saturated heterocycles. The number of rotatable bonds is 9. The Morgan fingerprint density at radius 3 is 2.52 bits per heavy atom. The van der Waals surface area contributed by atoms with Gasteiger partial charge in [0.2, 0.25) is 16.0 Å². The molecule has 31 heavy (non-hydrogen) atoms. The molecule has 166 valence electrons. The molecule has 0 aliphatic heterocycles. The fraction of sp³-hybridized carbons (Fsp3) is 0.235. The third-order valence-corrected chi connectivity index (χ3v) is 4.30. The monoisotopic (exact) mass is 457 g/mol. The molecular formula is C17H18F3N7O3S. The highest BCUT2D eigenvalue weighted by molar-refractivity contribution is 7.92. The Morgan fingerprint density at radius 1 is 1.16 bits per heavy atom. The maximum absolute atomic E-state index is 14.3. The van der Waals surface area contributed by atoms with Crippen LogP contribution < -0.4 is 20.1 Å². The molecule has 1 aromatic carbocycles. The van der Waals surface area contributed by atoms with E-state index in [9.17, 15) is 21.6 Å². The number of aromatic nitrogens is 4. The molecule has 0 spiro atoms. The summed E-state index contributed by atoms with van der Waals surface area (Å²) in [5.41, 5.74) is 0.631. The molecular weight excluding hydrogens is 439 g/mol. The van der Waals surface area contributed by atoms with E-state index < -0.39 is 28.8 Å². The molecule has 3 rings (SSSR count). The van der Waals surface area contributed by atoms with E-state index >= 15 is 0 Å². The Bertz CT molecular complexity index is 1170. The Kier molecular flexibility index (Phi) is 6.48. The van der Waals surface area contributed by atoms with E-state index in [0.717, 1.165) is 17.1 Å². The van der Waals surface area contributed by atoms with Gasteiger partial charge in [-0.05, 0) is 12.1 Å². The van der Waals surface area contributed by atoms with Gasteiger partial charge in [0.25, 0.3) is 12.3 Å². The van der Waals surface area contributed by atoms with Crippen LogP contribution in [0.1, 0.15) is 0 Å². The second-order valence-corrected chi connectivity index (χ2v) is 7.97. The molecule has 0 atom stereocenters. The van der Waals surface area contributed by atoms with Crippen molar-refractivity contribution in [2.24, 2.45) is 0 Å². The van der Waals surface area contributed by atoms with Crippen LogP contribution in [-0.2, 0) is 16.6 Å². The Hall–Kier alpha value is -3.55. The first-order valence-corrected chi connectivity index (χ1v) is 10.6. The minimum atomic E-state index is -3.57. The van der Waals surface area contributed by atoms with E-state index in [2.05, 4.69) is 30.4 Å². The van der Waals surface area contributed by atoms with Crippen molar-refractivity contribution in [3.63, 3.8) is 0 Å². The van der Waals surface area contributed by atoms with Crippen molar-refractivity contribution in [3.05, 3.63) is 42.5 Å². The number of ether oxygens (including phenoxy) is 1. The Labute approximate surface area is 175 Å². The molecule has 3 aromatic rings. The van der Waals surface area contributed by atoms with Gasteiger partial charge >= 0.3 is 0 Å². The highest BCUT2D eigenvalue weighted by Crippen LogP contribution is 2.28. The second-order valence-electron chi connectivity index (χ2n) is 6.23. The van der Waals surface area contributed by atoms with Gasteiger partial charge in [-0.1, -0.05) is 12.1 Å². The van der Waals surface area contributed by atoms with Crippen molar-refractivity contribution in [3.8, 4) is 5.88 Å². The average Bonchev–Trinajstić information content (AvgIpc) is 3.05. The standard InChI is InChI=1S/C17H18F3N7O3S/c1-30-16-13(8-27(25-16)9-14(19)20)23-17-21-7-10(18)15(24-17)22-11-5-3-4-6-12(11)26-31(2,28)29/h3-8,14,26H,9H2,1-2H3,(H2,21,22,23,24). The van der Waals surface area contributed by atoms with E-state index in [4.69, 9.17) is 4.74 Å². The summed E-state index contributed by atoms with van der Waals surface area (Å²) in [5.74, 6) is -1.11. The Balaban J connectivity index is 1.86. The maximum atomic E-state index is 14.3. The first-order chi connectivity index (χ1) is 14.6. The molecule has 3 N–H and O–H groups in total. The fourth-order valence-corrected chi connectivity index (χ4v) is 3.10. The third-order valence-electron chi connectivity index (χ3n) is 3.71. The first kappa shape index (κ1) is 22.1. The van der Waals surface area contributed by atoms with Crippen LogP contribution in [0.25, 0.3) is 0 Å². The van der Waals surface area contributed by atoms with Gasteiger partial charge in [-0.15, -0.1) is 5.10 Å². The number of benzene rings is 1. The average molecular weight is 457 g/mol. The van der Waals surface area contributed by atoms with Crippen molar-refractivity contribution in [2.45, 2.75) is 13.0 Å². The molecule has 0 bridgehead atoms. The molecule has 0 aliphatic rings. The van der Waals surface area contributed by atoms with Crippen LogP contribution in [0.2, 0.25) is 0 Å². The smallest absolute Gasteiger partial charge is 0.257 e. The lowest BCUT2D eigenvalue weighted by Gasteiger charge is -2.13. The summed E-state index contributed by atoms with van der Waals surface area (Å²) in [4.78, 5) is 7.83. The lowest BCUT2D eigenvalue weighted by molar-refractivity contribution is 0.121. The molecule has 2 heterocycles. The Morgan fingerprint density at radius 2 is 1.87 bits per heavy atom. The van der Waals surface area contributed by atoms with E-state index in [-0.39, 0.29) is 34.7 Å². The zero-order valence-corrected chi connectivity index (χ0v) is 17.1. The third kappa shape index (κ3) is 5.97. The van der Waals surface area contributed by atoms with Crippen LogP contribution in [0, 0.1) is 5.82 Å². The number of methoxy groups -OCH3 is 1. The molecule has 0 amide bonds. The highest BCUT2D eigenvalue weighted by atomic mass is 32.2. The van der Waals surface area contributed by atoms with Crippen LogP contribution in [0.4, 0.5) is 42.0 Å². The maximum Gasteiger partial charge on any atom is 0.257 e. The molecule has 2 aromatic heterocycles. The minimum absolute atomic E-state index is 0.0192. The van der Waals surface area contributed by atoms with E-state index in [1.807, 2.05) is 0 Å². The van der Waals surface area contributed by atoms with Crippen LogP contribution in [0.15, 0.2) is 36.7 Å². The molecule has 0 fully saturated rings. The van der Waals surface area contributed by atoms with Crippen molar-refractivity contribution in [2.75, 3.05) is 28.7 Å². The summed E-state index contributed by atoms with van der Waals surface area (Å²) >= 11 is 0. The lowest BCUT2D eigenvalue weighted by atomic mass is 10.2. The number of alkyl halides is 2. The van der Waals surface area contributed by atoms with Gasteiger partial charge in [-0.2, -0.15) is 4.98 Å². The number of sulfonamides is 1. The van der Waals surface area contributed by atoms with Crippen molar-refractivity contribution in [1.82, 2.24) is 19.7 Å². The van der Waals surface area contributed by atoms with Crippen LogP contribution in [0.5, 0.6) is 5.88 Å². The normalized spacial score (nSPS) is 11.4. The number of anilines is 5. The van der Waals surface area contributed by atoms with Crippen molar-refractivity contribution < 1.29 is 26.3 Å². The molecule has 0 aliphatic carbocycles. The summed E-state index contributed by atoms with van der Waals surface area (Å²) in [7, 11) is -2.26. The first-order valence-electron chi connectivity index (χ1n) is 8.67. The van der Waals surface area contributed by atoms with Crippen LogP contribution in [-0.4, -0.2) is 48.0 Å². The van der Waals surface area contributed by atoms with Crippen molar-refractivity contribution in [1.29, 1.82) is 0 Å². The molecule has 0 saturated carbocycles. The van der Waals surface area contributed by atoms with Gasteiger partial charge in [0.15, 0.2) is 11.6 Å². The van der Waals surface area contributed by atoms with Gasteiger partial charge in [-0.3, -0.25) is 9.40 Å². The largest absolute Gasteiger partial charge is 0.478 e. The quantitative estimate of drug-likeness (QED) is 0.448. The number of halogens is 3. The molecule has 0 unspecified atom stereocenters. The molecule has 0 radical (unpaired) electrons. The zero-order valence-electron chi connectivity index (χ0n) is 16.3. The summed E-state index contributed by atoms with van der Waals surface area (Å²) in [6, 6.07) is 6.24. The van der Waals surface area contributed by atoms with E-state index in [1.165, 1.54) is 25.4 Å². The van der Waals surface area contributed by atoms with Gasteiger partial charge in [0.1, 0.15) is 12.2 Å². The number of nitrogens with one attached hydrogen (secondary N) is 3. The van der Waals surface area contributed by atoms with Crippen LogP contribution in [0.3, 0.4) is 0 Å². The number of hydrogen-bond acceptors (Lipinski definition) is 8. The summed E-state index contributed by atoms with van der Waals surface area (Å²) in [6.45, 7) is -0.640. The molecule has 14 heteroatoms. The van der Waals surface area contributed by atoms with Crippen LogP contribution >= 0.6 is 0 Å². The second kappa shape index (κ2) is 9.07.